The van der Waals surface area contributed by atoms with E-state index in [0.29, 0.717) is 25.1 Å². The van der Waals surface area contributed by atoms with Crippen molar-refractivity contribution in [2.45, 2.75) is 42.9 Å². The number of carboxylic acids is 1. The summed E-state index contributed by atoms with van der Waals surface area (Å²) in [6, 6.07) is 16.1. The number of hydrogen-bond acceptors (Lipinski definition) is 5. The zero-order chi connectivity index (χ0) is 24.4. The fraction of sp³-hybridized carbons (Fsp3) is 0.444. The predicted molar refractivity (Wildman–Crippen MR) is 134 cm³/mol. The fourth-order valence-electron chi connectivity index (χ4n) is 5.62. The van der Waals surface area contributed by atoms with E-state index in [1.165, 1.54) is 22.9 Å². The monoisotopic (exact) mass is 494 g/mol. The van der Waals surface area contributed by atoms with Crippen molar-refractivity contribution < 1.29 is 24.2 Å². The highest BCUT2D eigenvalue weighted by atomic mass is 32.2. The van der Waals surface area contributed by atoms with E-state index in [4.69, 9.17) is 4.74 Å². The molecule has 3 aliphatic rings. The van der Waals surface area contributed by atoms with Gasteiger partial charge in [-0.2, -0.15) is 0 Å². The molecule has 1 unspecified atom stereocenters. The topological polar surface area (TPSA) is 95.9 Å². The Balaban J connectivity index is 1.22. The van der Waals surface area contributed by atoms with Gasteiger partial charge in [-0.1, -0.05) is 61.4 Å². The number of carbonyl (C=O) groups is 3. The van der Waals surface area contributed by atoms with E-state index < -0.39 is 17.3 Å². The Kier molecular flexibility index (Phi) is 7.00. The third-order valence-electron chi connectivity index (χ3n) is 7.38. The maximum atomic E-state index is 13.3. The van der Waals surface area contributed by atoms with Crippen LogP contribution in [-0.2, 0) is 14.3 Å². The van der Waals surface area contributed by atoms with Gasteiger partial charge >= 0.3 is 12.1 Å². The van der Waals surface area contributed by atoms with Gasteiger partial charge in [0.2, 0.25) is 5.91 Å². The average molecular weight is 495 g/mol. The van der Waals surface area contributed by atoms with Gasteiger partial charge in [0.05, 0.1) is 5.92 Å². The van der Waals surface area contributed by atoms with Crippen LogP contribution < -0.4 is 5.32 Å². The molecule has 8 heteroatoms. The van der Waals surface area contributed by atoms with Gasteiger partial charge in [-0.05, 0) is 35.1 Å². The summed E-state index contributed by atoms with van der Waals surface area (Å²) in [6.45, 7) is 0.989. The molecule has 1 saturated carbocycles. The SMILES string of the molecule is O=C(N[C@H]1CCCC[C@H]1C(=O)N1CCSC(C(=O)O)C1)OCC1c2ccccc2-c2ccccc21. The second-order valence-corrected chi connectivity index (χ2v) is 10.8. The molecule has 0 bridgehead atoms. The molecule has 1 heterocycles. The van der Waals surface area contributed by atoms with Gasteiger partial charge in [0.15, 0.2) is 0 Å². The molecule has 2 fully saturated rings. The molecule has 2 aromatic carbocycles. The Morgan fingerprint density at radius 2 is 1.66 bits per heavy atom. The molecule has 0 aromatic heterocycles. The number of benzene rings is 2. The van der Waals surface area contributed by atoms with Crippen LogP contribution in [-0.4, -0.2) is 64.7 Å². The zero-order valence-corrected chi connectivity index (χ0v) is 20.3. The second kappa shape index (κ2) is 10.3. The van der Waals surface area contributed by atoms with Gasteiger partial charge in [-0.25, -0.2) is 4.79 Å². The van der Waals surface area contributed by atoms with Crippen molar-refractivity contribution in [1.82, 2.24) is 10.2 Å². The van der Waals surface area contributed by atoms with Crippen LogP contribution in [0.25, 0.3) is 11.1 Å². The summed E-state index contributed by atoms with van der Waals surface area (Å²) in [5.41, 5.74) is 4.66. The molecule has 0 radical (unpaired) electrons. The Hall–Kier alpha value is -3.00. The molecular formula is C27H30N2O5S. The smallest absolute Gasteiger partial charge is 0.407 e. The maximum absolute atomic E-state index is 13.3. The molecule has 3 atom stereocenters. The van der Waals surface area contributed by atoms with Gasteiger partial charge in [0.25, 0.3) is 0 Å². The van der Waals surface area contributed by atoms with Crippen molar-refractivity contribution in [2.75, 3.05) is 25.4 Å². The second-order valence-electron chi connectivity index (χ2n) is 9.45. The van der Waals surface area contributed by atoms with E-state index in [9.17, 15) is 19.5 Å². The van der Waals surface area contributed by atoms with Crippen LogP contribution in [0.15, 0.2) is 48.5 Å². The van der Waals surface area contributed by atoms with Crippen LogP contribution >= 0.6 is 11.8 Å². The van der Waals surface area contributed by atoms with Gasteiger partial charge in [-0.3, -0.25) is 9.59 Å². The number of thioether (sulfide) groups is 1. The number of carboxylic acid groups (broad SMARTS) is 1. The Labute approximate surface area is 209 Å². The summed E-state index contributed by atoms with van der Waals surface area (Å²) in [4.78, 5) is 39.2. The summed E-state index contributed by atoms with van der Waals surface area (Å²) < 4.78 is 5.71. The lowest BCUT2D eigenvalue weighted by atomic mass is 9.83. The Bertz CT molecular complexity index is 1080. The standard InChI is InChI=1S/C27H30N2O5S/c30-25(29-13-14-35-24(15-29)26(31)32)21-11-5-6-12-23(21)28-27(33)34-16-22-19-9-3-1-7-17(19)18-8-2-4-10-20(18)22/h1-4,7-10,21-24H,5-6,11-16H2,(H,28,33)(H,31,32)/t21-,23+,24?/m1/s1. The van der Waals surface area contributed by atoms with Crippen LogP contribution in [0.4, 0.5) is 4.79 Å². The Morgan fingerprint density at radius 3 is 2.34 bits per heavy atom. The summed E-state index contributed by atoms with van der Waals surface area (Å²) in [7, 11) is 0. The molecule has 35 heavy (non-hydrogen) atoms. The van der Waals surface area contributed by atoms with Crippen LogP contribution in [0.3, 0.4) is 0 Å². The van der Waals surface area contributed by atoms with E-state index in [1.54, 1.807) is 4.90 Å². The number of rotatable bonds is 5. The summed E-state index contributed by atoms with van der Waals surface area (Å²) >= 11 is 1.38. The van der Waals surface area contributed by atoms with Crippen molar-refractivity contribution in [2.24, 2.45) is 5.92 Å². The van der Waals surface area contributed by atoms with Gasteiger partial charge in [0, 0.05) is 30.8 Å². The van der Waals surface area contributed by atoms with Crippen molar-refractivity contribution in [3.63, 3.8) is 0 Å². The number of aliphatic carboxylic acids is 1. The Morgan fingerprint density at radius 1 is 1.00 bits per heavy atom. The third kappa shape index (κ3) is 4.89. The first-order chi connectivity index (χ1) is 17.0. The number of nitrogens with one attached hydrogen (secondary N) is 1. The van der Waals surface area contributed by atoms with Gasteiger partial charge in [0.1, 0.15) is 11.9 Å². The first-order valence-electron chi connectivity index (χ1n) is 12.3. The lowest BCUT2D eigenvalue weighted by molar-refractivity contribution is -0.140. The number of nitrogens with zero attached hydrogens (tertiary/aromatic N) is 1. The minimum Gasteiger partial charge on any atom is -0.480 e. The summed E-state index contributed by atoms with van der Waals surface area (Å²) in [6.07, 6.45) is 2.75. The van der Waals surface area contributed by atoms with Crippen LogP contribution in [0.2, 0.25) is 0 Å². The molecule has 2 N–H and O–H groups in total. The molecule has 2 amide bonds. The molecule has 7 nitrogen and oxygen atoms in total. The van der Waals surface area contributed by atoms with Crippen molar-refractivity contribution in [1.29, 1.82) is 0 Å². The predicted octanol–water partition coefficient (Wildman–Crippen LogP) is 4.11. The molecule has 1 saturated heterocycles. The molecule has 0 spiro atoms. The van der Waals surface area contributed by atoms with Crippen LogP contribution in [0.1, 0.15) is 42.7 Å². The van der Waals surface area contributed by atoms with E-state index >= 15 is 0 Å². The average Bonchev–Trinajstić information content (AvgIpc) is 3.21. The van der Waals surface area contributed by atoms with Crippen molar-refractivity contribution >= 4 is 29.7 Å². The molecular weight excluding hydrogens is 464 g/mol. The number of carbonyl (C=O) groups excluding carboxylic acids is 2. The van der Waals surface area contributed by atoms with Crippen LogP contribution in [0.5, 0.6) is 0 Å². The summed E-state index contributed by atoms with van der Waals surface area (Å²) in [5.74, 6) is -0.693. The fourth-order valence-corrected chi connectivity index (χ4v) is 6.66. The molecule has 1 aliphatic heterocycles. The maximum Gasteiger partial charge on any atom is 0.407 e. The lowest BCUT2D eigenvalue weighted by Crippen LogP contribution is -2.53. The number of alkyl carbamates (subject to hydrolysis) is 1. The molecule has 2 aromatic rings. The quantitative estimate of drug-likeness (QED) is 0.650. The van der Waals surface area contributed by atoms with Crippen molar-refractivity contribution in [3.8, 4) is 11.1 Å². The minimum absolute atomic E-state index is 0.0178. The van der Waals surface area contributed by atoms with E-state index in [0.717, 1.165) is 24.0 Å². The number of fused-ring (bicyclic) bond motifs is 3. The first-order valence-corrected chi connectivity index (χ1v) is 13.3. The minimum atomic E-state index is -0.885. The third-order valence-corrected chi connectivity index (χ3v) is 8.55. The summed E-state index contributed by atoms with van der Waals surface area (Å²) in [5, 5.41) is 11.7. The molecule has 2 aliphatic carbocycles. The zero-order valence-electron chi connectivity index (χ0n) is 19.5. The van der Waals surface area contributed by atoms with Crippen molar-refractivity contribution in [3.05, 3.63) is 59.7 Å². The normalized spacial score (nSPS) is 23.8. The first kappa shape index (κ1) is 23.7. The number of hydrogen-bond donors (Lipinski definition) is 2. The van der Waals surface area contributed by atoms with Gasteiger partial charge in [-0.15, -0.1) is 11.8 Å². The highest BCUT2D eigenvalue weighted by Crippen LogP contribution is 2.44. The largest absolute Gasteiger partial charge is 0.480 e. The van der Waals surface area contributed by atoms with Crippen LogP contribution in [0, 0.1) is 5.92 Å². The van der Waals surface area contributed by atoms with E-state index in [2.05, 4.69) is 29.6 Å². The highest BCUT2D eigenvalue weighted by Gasteiger charge is 2.38. The van der Waals surface area contributed by atoms with E-state index in [-0.39, 0.29) is 36.9 Å². The lowest BCUT2D eigenvalue weighted by Gasteiger charge is -2.37. The van der Waals surface area contributed by atoms with E-state index in [1.807, 2.05) is 24.3 Å². The number of ether oxygens (including phenoxy) is 1. The molecule has 5 rings (SSSR count). The molecule has 184 valence electrons. The number of amides is 2. The highest BCUT2D eigenvalue weighted by molar-refractivity contribution is 8.00. The van der Waals surface area contributed by atoms with Gasteiger partial charge < -0.3 is 20.1 Å².